The summed E-state index contributed by atoms with van der Waals surface area (Å²) < 4.78 is 39.0. The van der Waals surface area contributed by atoms with Crippen LogP contribution in [-0.4, -0.2) is 21.4 Å². The van der Waals surface area contributed by atoms with E-state index < -0.39 is 21.7 Å². The first kappa shape index (κ1) is 18.1. The summed E-state index contributed by atoms with van der Waals surface area (Å²) in [6, 6.07) is 9.87. The topological polar surface area (TPSA) is 75.3 Å². The quantitative estimate of drug-likeness (QED) is 0.796. The first-order valence-corrected chi connectivity index (χ1v) is 8.65. The van der Waals surface area contributed by atoms with Crippen molar-refractivity contribution in [1.82, 2.24) is 4.72 Å². The van der Waals surface area contributed by atoms with E-state index in [4.69, 9.17) is 11.6 Å². The molecule has 0 aromatic heterocycles. The second kappa shape index (κ2) is 7.57. The van der Waals surface area contributed by atoms with Gasteiger partial charge < -0.3 is 5.32 Å². The number of halogens is 2. The van der Waals surface area contributed by atoms with E-state index in [0.29, 0.717) is 5.56 Å². The van der Waals surface area contributed by atoms with Crippen molar-refractivity contribution in [2.24, 2.45) is 0 Å². The number of nitrogens with one attached hydrogen (secondary N) is 2. The molecule has 2 aromatic rings. The van der Waals surface area contributed by atoms with Crippen LogP contribution in [0.3, 0.4) is 0 Å². The Kier molecular flexibility index (Phi) is 5.71. The van der Waals surface area contributed by atoms with Gasteiger partial charge in [0, 0.05) is 11.1 Å². The number of hydrogen-bond donors (Lipinski definition) is 2. The van der Waals surface area contributed by atoms with Crippen molar-refractivity contribution >= 4 is 39.3 Å². The molecule has 2 N–H and O–H groups in total. The summed E-state index contributed by atoms with van der Waals surface area (Å²) in [7, 11) is -2.18. The van der Waals surface area contributed by atoms with Crippen LogP contribution in [0.1, 0.15) is 5.56 Å². The SMILES string of the molecule is CNS(=O)(=O)c1ccc(/C=C/C(=O)Nc2ccc(Cl)cc2F)cc1. The lowest BCUT2D eigenvalue weighted by atomic mass is 10.2. The zero-order valence-corrected chi connectivity index (χ0v) is 14.2. The Balaban J connectivity index is 2.06. The maximum Gasteiger partial charge on any atom is 0.248 e. The normalized spacial score (nSPS) is 11.6. The second-order valence-corrected chi connectivity index (χ2v) is 7.05. The number of carbonyl (C=O) groups excluding carboxylic acids is 1. The number of sulfonamides is 1. The van der Waals surface area contributed by atoms with Crippen molar-refractivity contribution in [2.45, 2.75) is 4.90 Å². The number of anilines is 1. The molecule has 0 spiro atoms. The third-order valence-electron chi connectivity index (χ3n) is 3.08. The first-order valence-electron chi connectivity index (χ1n) is 6.79. The van der Waals surface area contributed by atoms with E-state index >= 15 is 0 Å². The van der Waals surface area contributed by atoms with Crippen molar-refractivity contribution in [2.75, 3.05) is 12.4 Å². The minimum absolute atomic E-state index is 0.0181. The van der Waals surface area contributed by atoms with Crippen LogP contribution in [0, 0.1) is 5.82 Å². The highest BCUT2D eigenvalue weighted by Crippen LogP contribution is 2.19. The van der Waals surface area contributed by atoms with Crippen LogP contribution >= 0.6 is 11.6 Å². The Hall–Kier alpha value is -2.22. The molecule has 0 fully saturated rings. The summed E-state index contributed by atoms with van der Waals surface area (Å²) in [5, 5.41) is 2.62. The maximum atomic E-state index is 13.6. The minimum atomic E-state index is -3.50. The third kappa shape index (κ3) is 4.64. The van der Waals surface area contributed by atoms with Crippen molar-refractivity contribution < 1.29 is 17.6 Å². The minimum Gasteiger partial charge on any atom is -0.320 e. The summed E-state index contributed by atoms with van der Waals surface area (Å²) in [6.45, 7) is 0. The van der Waals surface area contributed by atoms with Gasteiger partial charge in [-0.15, -0.1) is 0 Å². The fourth-order valence-electron chi connectivity index (χ4n) is 1.81. The highest BCUT2D eigenvalue weighted by molar-refractivity contribution is 7.89. The van der Waals surface area contributed by atoms with Gasteiger partial charge in [-0.2, -0.15) is 0 Å². The van der Waals surface area contributed by atoms with Gasteiger partial charge in [-0.05, 0) is 49.0 Å². The zero-order chi connectivity index (χ0) is 17.7. The number of carbonyl (C=O) groups is 1. The second-order valence-electron chi connectivity index (χ2n) is 4.72. The lowest BCUT2D eigenvalue weighted by Crippen LogP contribution is -2.18. The summed E-state index contributed by atoms with van der Waals surface area (Å²) >= 11 is 5.64. The summed E-state index contributed by atoms with van der Waals surface area (Å²) in [5.41, 5.74) is 0.640. The molecule has 1 amide bonds. The number of amides is 1. The van der Waals surface area contributed by atoms with E-state index in [0.717, 1.165) is 6.07 Å². The van der Waals surface area contributed by atoms with Crippen LogP contribution in [0.25, 0.3) is 6.08 Å². The van der Waals surface area contributed by atoms with Gasteiger partial charge in [0.2, 0.25) is 15.9 Å². The molecule has 8 heteroatoms. The zero-order valence-electron chi connectivity index (χ0n) is 12.6. The Morgan fingerprint density at radius 3 is 2.42 bits per heavy atom. The molecular weight excluding hydrogens is 355 g/mol. The van der Waals surface area contributed by atoms with Gasteiger partial charge in [-0.3, -0.25) is 4.79 Å². The molecule has 0 bridgehead atoms. The van der Waals surface area contributed by atoms with Gasteiger partial charge in [0.25, 0.3) is 0 Å². The molecule has 0 radical (unpaired) electrons. The van der Waals surface area contributed by atoms with Gasteiger partial charge in [-0.1, -0.05) is 23.7 Å². The van der Waals surface area contributed by atoms with Crippen molar-refractivity contribution in [1.29, 1.82) is 0 Å². The average Bonchev–Trinajstić information content (AvgIpc) is 2.56. The van der Waals surface area contributed by atoms with Gasteiger partial charge >= 0.3 is 0 Å². The number of benzene rings is 2. The standard InChI is InChI=1S/C16H14ClFN2O3S/c1-19-24(22,23)13-6-2-11(3-7-13)4-9-16(21)20-15-8-5-12(17)10-14(15)18/h2-10,19H,1H3,(H,20,21)/b9-4+. The Bertz CT molecular complexity index is 881. The fraction of sp³-hybridized carbons (Fsp3) is 0.0625. The van der Waals surface area contributed by atoms with E-state index in [1.54, 1.807) is 12.1 Å². The predicted molar refractivity (Wildman–Crippen MR) is 91.8 cm³/mol. The number of hydrogen-bond acceptors (Lipinski definition) is 3. The molecule has 0 atom stereocenters. The molecule has 0 aliphatic heterocycles. The molecule has 126 valence electrons. The van der Waals surface area contributed by atoms with Crippen molar-refractivity contribution in [3.05, 3.63) is 64.9 Å². The molecule has 0 aliphatic carbocycles. The summed E-state index contributed by atoms with van der Waals surface area (Å²) in [6.07, 6.45) is 2.70. The van der Waals surface area contributed by atoms with E-state index in [1.165, 1.54) is 43.5 Å². The van der Waals surface area contributed by atoms with Gasteiger partial charge in [-0.25, -0.2) is 17.5 Å². The highest BCUT2D eigenvalue weighted by Gasteiger charge is 2.10. The van der Waals surface area contributed by atoms with Crippen LogP contribution in [0.5, 0.6) is 0 Å². The summed E-state index contributed by atoms with van der Waals surface area (Å²) in [4.78, 5) is 11.9. The lowest BCUT2D eigenvalue weighted by molar-refractivity contribution is -0.111. The van der Waals surface area contributed by atoms with Gasteiger partial charge in [0.05, 0.1) is 10.6 Å². The lowest BCUT2D eigenvalue weighted by Gasteiger charge is -2.04. The molecule has 0 aliphatic rings. The van der Waals surface area contributed by atoms with E-state index in [1.807, 2.05) is 0 Å². The van der Waals surface area contributed by atoms with Crippen LogP contribution in [0.4, 0.5) is 10.1 Å². The van der Waals surface area contributed by atoms with Crippen LogP contribution in [0.2, 0.25) is 5.02 Å². The van der Waals surface area contributed by atoms with Crippen molar-refractivity contribution in [3.63, 3.8) is 0 Å². The molecule has 5 nitrogen and oxygen atoms in total. The number of rotatable bonds is 5. The average molecular weight is 369 g/mol. The van der Waals surface area contributed by atoms with Gasteiger partial charge in [0.15, 0.2) is 0 Å². The maximum absolute atomic E-state index is 13.6. The molecule has 0 unspecified atom stereocenters. The van der Waals surface area contributed by atoms with Crippen molar-refractivity contribution in [3.8, 4) is 0 Å². The first-order chi connectivity index (χ1) is 11.3. The predicted octanol–water partition coefficient (Wildman–Crippen LogP) is 3.04. The van der Waals surface area contributed by atoms with E-state index in [2.05, 4.69) is 10.0 Å². The molecule has 2 rings (SSSR count). The highest BCUT2D eigenvalue weighted by atomic mass is 35.5. The fourth-order valence-corrected chi connectivity index (χ4v) is 2.70. The molecular formula is C16H14ClFN2O3S. The molecule has 0 heterocycles. The largest absolute Gasteiger partial charge is 0.320 e. The smallest absolute Gasteiger partial charge is 0.248 e. The molecule has 24 heavy (non-hydrogen) atoms. The Labute approximate surface area is 144 Å². The van der Waals surface area contributed by atoms with Crippen LogP contribution in [0.15, 0.2) is 53.4 Å². The van der Waals surface area contributed by atoms with Crippen LogP contribution in [-0.2, 0) is 14.8 Å². The molecule has 0 saturated carbocycles. The monoisotopic (exact) mass is 368 g/mol. The Morgan fingerprint density at radius 1 is 1.17 bits per heavy atom. The summed E-state index contributed by atoms with van der Waals surface area (Å²) in [5.74, 6) is -1.16. The van der Waals surface area contributed by atoms with E-state index in [-0.39, 0.29) is 15.6 Å². The third-order valence-corrected chi connectivity index (χ3v) is 4.74. The van der Waals surface area contributed by atoms with Gasteiger partial charge in [0.1, 0.15) is 5.82 Å². The molecule has 2 aromatic carbocycles. The molecule has 0 saturated heterocycles. The van der Waals surface area contributed by atoms with E-state index in [9.17, 15) is 17.6 Å². The Morgan fingerprint density at radius 2 is 1.83 bits per heavy atom. The van der Waals surface area contributed by atoms with Crippen LogP contribution < -0.4 is 10.0 Å².